The molecule has 0 radical (unpaired) electrons. The maximum Gasteiger partial charge on any atom is 0.320 e. The highest BCUT2D eigenvalue weighted by atomic mass is 16.4. The summed E-state index contributed by atoms with van der Waals surface area (Å²) in [6, 6.07) is -0.847. The first kappa shape index (κ1) is 9.45. The highest BCUT2D eigenvalue weighted by Gasteiger charge is 2.51. The molecule has 0 aromatic carbocycles. The van der Waals surface area contributed by atoms with Crippen molar-refractivity contribution < 1.29 is 14.7 Å². The number of likely N-dealkylation sites (tertiary alicyclic amines) is 1. The number of carboxylic acid groups (broad SMARTS) is 1. The maximum atomic E-state index is 11.5. The lowest BCUT2D eigenvalue weighted by atomic mass is 10.2. The van der Waals surface area contributed by atoms with Gasteiger partial charge < -0.3 is 15.7 Å². The number of carbonyl (C=O) groups is 2. The van der Waals surface area contributed by atoms with E-state index in [-0.39, 0.29) is 11.8 Å². The third-order valence-corrected chi connectivity index (χ3v) is 3.03. The first-order valence-corrected chi connectivity index (χ1v) is 4.86. The normalized spacial score (nSPS) is 31.5. The Morgan fingerprint density at radius 1 is 1.71 bits per heavy atom. The summed E-state index contributed by atoms with van der Waals surface area (Å²) in [6.07, 6.45) is 1.38. The lowest BCUT2D eigenvalue weighted by Crippen LogP contribution is -2.37. The van der Waals surface area contributed by atoms with Gasteiger partial charge in [-0.25, -0.2) is 0 Å². The quantitative estimate of drug-likeness (QED) is 0.623. The molecule has 3 unspecified atom stereocenters. The van der Waals surface area contributed by atoms with E-state index in [4.69, 9.17) is 10.8 Å². The van der Waals surface area contributed by atoms with Gasteiger partial charge in [0.2, 0.25) is 5.91 Å². The molecule has 0 spiro atoms. The van der Waals surface area contributed by atoms with E-state index in [1.165, 1.54) is 0 Å². The fraction of sp³-hybridized carbons (Fsp3) is 0.778. The second-order valence-electron chi connectivity index (χ2n) is 4.12. The lowest BCUT2D eigenvalue weighted by Gasteiger charge is -2.18. The fourth-order valence-corrected chi connectivity index (χ4v) is 1.98. The molecule has 3 atom stereocenters. The standard InChI is InChI=1S/C9H14N2O3/c10-7(9(13)14)1-2-11-4-5-3-6(5)8(11)12/h5-7H,1-4,10H2,(H,13,14). The van der Waals surface area contributed by atoms with Crippen molar-refractivity contribution >= 4 is 11.9 Å². The summed E-state index contributed by atoms with van der Waals surface area (Å²) >= 11 is 0. The predicted octanol–water partition coefficient (Wildman–Crippen LogP) is -0.733. The van der Waals surface area contributed by atoms with Crippen LogP contribution in [0.1, 0.15) is 12.8 Å². The Hall–Kier alpha value is -1.10. The minimum absolute atomic E-state index is 0.188. The minimum Gasteiger partial charge on any atom is -0.480 e. The molecule has 78 valence electrons. The Balaban J connectivity index is 1.76. The third-order valence-electron chi connectivity index (χ3n) is 3.03. The maximum absolute atomic E-state index is 11.5. The van der Waals surface area contributed by atoms with Crippen molar-refractivity contribution in [3.05, 3.63) is 0 Å². The smallest absolute Gasteiger partial charge is 0.320 e. The zero-order valence-corrected chi connectivity index (χ0v) is 7.85. The number of nitrogens with two attached hydrogens (primary N) is 1. The van der Waals surface area contributed by atoms with Crippen LogP contribution < -0.4 is 5.73 Å². The second-order valence-corrected chi connectivity index (χ2v) is 4.12. The molecule has 0 aromatic heterocycles. The molecule has 14 heavy (non-hydrogen) atoms. The Morgan fingerprint density at radius 3 is 2.93 bits per heavy atom. The molecular weight excluding hydrogens is 184 g/mol. The van der Waals surface area contributed by atoms with Gasteiger partial charge in [-0.1, -0.05) is 0 Å². The van der Waals surface area contributed by atoms with Crippen molar-refractivity contribution in [3.8, 4) is 0 Å². The van der Waals surface area contributed by atoms with E-state index in [0.29, 0.717) is 18.9 Å². The summed E-state index contributed by atoms with van der Waals surface area (Å²) in [5.41, 5.74) is 5.35. The van der Waals surface area contributed by atoms with Gasteiger partial charge in [0, 0.05) is 19.0 Å². The van der Waals surface area contributed by atoms with Crippen LogP contribution in [-0.4, -0.2) is 41.0 Å². The summed E-state index contributed by atoms with van der Waals surface area (Å²) in [5, 5.41) is 8.55. The molecule has 1 saturated carbocycles. The zero-order chi connectivity index (χ0) is 10.3. The van der Waals surface area contributed by atoms with Gasteiger partial charge in [0.25, 0.3) is 0 Å². The Labute approximate surface area is 81.9 Å². The van der Waals surface area contributed by atoms with Crippen molar-refractivity contribution in [1.82, 2.24) is 4.90 Å². The molecule has 0 bridgehead atoms. The van der Waals surface area contributed by atoms with Crippen LogP contribution in [0.25, 0.3) is 0 Å². The van der Waals surface area contributed by atoms with Crippen LogP contribution >= 0.6 is 0 Å². The fourth-order valence-electron chi connectivity index (χ4n) is 1.98. The van der Waals surface area contributed by atoms with Crippen LogP contribution in [0.3, 0.4) is 0 Å². The number of hydrogen-bond donors (Lipinski definition) is 2. The van der Waals surface area contributed by atoms with Gasteiger partial charge in [0.1, 0.15) is 6.04 Å². The van der Waals surface area contributed by atoms with Crippen LogP contribution in [0.4, 0.5) is 0 Å². The monoisotopic (exact) mass is 198 g/mol. The first-order chi connectivity index (χ1) is 6.59. The summed E-state index contributed by atoms with van der Waals surface area (Å²) in [4.78, 5) is 23.6. The topological polar surface area (TPSA) is 83.6 Å². The second kappa shape index (κ2) is 3.24. The van der Waals surface area contributed by atoms with Crippen LogP contribution in [-0.2, 0) is 9.59 Å². The molecule has 2 rings (SSSR count). The number of aliphatic carboxylic acids is 1. The van der Waals surface area contributed by atoms with Gasteiger partial charge in [0.15, 0.2) is 0 Å². The number of carbonyl (C=O) groups excluding carboxylic acids is 1. The van der Waals surface area contributed by atoms with Crippen molar-refractivity contribution in [2.75, 3.05) is 13.1 Å². The molecule has 1 amide bonds. The molecule has 1 aliphatic heterocycles. The summed E-state index contributed by atoms with van der Waals surface area (Å²) in [7, 11) is 0. The van der Waals surface area contributed by atoms with E-state index >= 15 is 0 Å². The highest BCUT2D eigenvalue weighted by molar-refractivity contribution is 5.84. The Kier molecular flexibility index (Phi) is 2.19. The molecule has 5 nitrogen and oxygen atoms in total. The van der Waals surface area contributed by atoms with Gasteiger partial charge in [-0.2, -0.15) is 0 Å². The van der Waals surface area contributed by atoms with Crippen LogP contribution in [0.2, 0.25) is 0 Å². The third kappa shape index (κ3) is 1.59. The van der Waals surface area contributed by atoms with Gasteiger partial charge in [-0.15, -0.1) is 0 Å². The van der Waals surface area contributed by atoms with E-state index in [1.807, 2.05) is 0 Å². The molecule has 2 aliphatic rings. The van der Waals surface area contributed by atoms with Gasteiger partial charge in [-0.05, 0) is 18.8 Å². The van der Waals surface area contributed by atoms with E-state index in [9.17, 15) is 9.59 Å². The van der Waals surface area contributed by atoms with Crippen molar-refractivity contribution in [1.29, 1.82) is 0 Å². The Morgan fingerprint density at radius 2 is 2.43 bits per heavy atom. The molecular formula is C9H14N2O3. The average Bonchev–Trinajstić information content (AvgIpc) is 2.83. The molecule has 5 heteroatoms. The van der Waals surface area contributed by atoms with Crippen LogP contribution in [0.15, 0.2) is 0 Å². The summed E-state index contributed by atoms with van der Waals surface area (Å²) in [6.45, 7) is 1.29. The summed E-state index contributed by atoms with van der Waals surface area (Å²) < 4.78 is 0. The van der Waals surface area contributed by atoms with E-state index in [0.717, 1.165) is 13.0 Å². The lowest BCUT2D eigenvalue weighted by molar-refractivity contribution is -0.139. The van der Waals surface area contributed by atoms with Crippen LogP contribution in [0.5, 0.6) is 0 Å². The molecule has 2 fully saturated rings. The number of nitrogens with zero attached hydrogens (tertiary/aromatic N) is 1. The average molecular weight is 198 g/mol. The first-order valence-electron chi connectivity index (χ1n) is 4.86. The van der Waals surface area contributed by atoms with Crippen molar-refractivity contribution in [2.45, 2.75) is 18.9 Å². The SMILES string of the molecule is NC(CCN1CC2CC2C1=O)C(=O)O. The number of fused-ring (bicyclic) bond motifs is 1. The molecule has 1 saturated heterocycles. The molecule has 3 N–H and O–H groups in total. The zero-order valence-electron chi connectivity index (χ0n) is 7.85. The van der Waals surface area contributed by atoms with Crippen molar-refractivity contribution in [3.63, 3.8) is 0 Å². The number of hydrogen-bond acceptors (Lipinski definition) is 3. The number of piperidine rings is 1. The molecule has 1 aliphatic carbocycles. The van der Waals surface area contributed by atoms with Gasteiger partial charge in [0.05, 0.1) is 0 Å². The highest BCUT2D eigenvalue weighted by Crippen LogP contribution is 2.45. The summed E-state index contributed by atoms with van der Waals surface area (Å²) in [5.74, 6) is -0.0194. The Bertz CT molecular complexity index is 279. The molecule has 0 aromatic rings. The van der Waals surface area contributed by atoms with Gasteiger partial charge >= 0.3 is 5.97 Å². The van der Waals surface area contributed by atoms with Crippen LogP contribution in [0, 0.1) is 11.8 Å². The van der Waals surface area contributed by atoms with E-state index in [2.05, 4.69) is 0 Å². The number of amides is 1. The van der Waals surface area contributed by atoms with E-state index in [1.54, 1.807) is 4.90 Å². The van der Waals surface area contributed by atoms with Crippen molar-refractivity contribution in [2.24, 2.45) is 17.6 Å². The number of rotatable bonds is 4. The minimum atomic E-state index is -0.998. The largest absolute Gasteiger partial charge is 0.480 e. The van der Waals surface area contributed by atoms with Gasteiger partial charge in [-0.3, -0.25) is 9.59 Å². The van der Waals surface area contributed by atoms with E-state index < -0.39 is 12.0 Å². The predicted molar refractivity (Wildman–Crippen MR) is 48.4 cm³/mol. The molecule has 1 heterocycles. The number of carboxylic acids is 1.